The number of nitrogens with one attached hydrogen (secondary N) is 2. The number of sulfonamides is 1. The first-order valence-electron chi connectivity index (χ1n) is 8.95. The number of hydrogen-bond acceptors (Lipinski definition) is 6. The van der Waals surface area contributed by atoms with Crippen molar-refractivity contribution in [1.82, 2.24) is 5.32 Å². The highest BCUT2D eigenvalue weighted by molar-refractivity contribution is 7.98. The van der Waals surface area contributed by atoms with Crippen LogP contribution in [0.5, 0.6) is 0 Å². The van der Waals surface area contributed by atoms with Crippen LogP contribution in [-0.4, -0.2) is 62.3 Å². The van der Waals surface area contributed by atoms with Crippen LogP contribution in [0.15, 0.2) is 18.2 Å². The van der Waals surface area contributed by atoms with Crippen molar-refractivity contribution in [2.24, 2.45) is 0 Å². The van der Waals surface area contributed by atoms with Gasteiger partial charge < -0.3 is 15.7 Å². The zero-order valence-electron chi connectivity index (χ0n) is 16.3. The van der Waals surface area contributed by atoms with E-state index >= 15 is 0 Å². The quantitative estimate of drug-likeness (QED) is 0.556. The molecule has 3 N–H and O–H groups in total. The van der Waals surface area contributed by atoms with Crippen LogP contribution in [0.2, 0.25) is 0 Å². The maximum Gasteiger partial charge on any atom is 0.313 e. The Morgan fingerprint density at radius 2 is 2.04 bits per heavy atom. The fourth-order valence-electron chi connectivity index (χ4n) is 2.91. The molecule has 1 atom stereocenters. The molecular weight excluding hydrogens is 402 g/mol. The molecule has 28 heavy (non-hydrogen) atoms. The molecule has 1 aliphatic rings. The molecule has 1 aromatic carbocycles. The minimum absolute atomic E-state index is 0.0359. The summed E-state index contributed by atoms with van der Waals surface area (Å²) in [7, 11) is -3.42. The van der Waals surface area contributed by atoms with Crippen LogP contribution < -0.4 is 14.9 Å². The van der Waals surface area contributed by atoms with Crippen LogP contribution in [0.1, 0.15) is 25.3 Å². The van der Waals surface area contributed by atoms with E-state index in [4.69, 9.17) is 0 Å². The standard InChI is InChI=1S/C18H27N3O5S2/c1-18(24,8-10-27-2)12-19-16(22)17(23)20-14-7-6-13-5-4-9-21(15(13)11-14)28(3,25)26/h6-7,11,24H,4-5,8-10,12H2,1-3H3,(H,19,22)(H,20,23)/t18-/m0/s1. The average molecular weight is 430 g/mol. The van der Waals surface area contributed by atoms with E-state index in [1.165, 1.54) is 4.31 Å². The van der Waals surface area contributed by atoms with E-state index in [0.717, 1.165) is 30.4 Å². The first kappa shape index (κ1) is 22.5. The molecule has 0 fully saturated rings. The summed E-state index contributed by atoms with van der Waals surface area (Å²) in [5.41, 5.74) is 0.639. The summed E-state index contributed by atoms with van der Waals surface area (Å²) in [6.45, 7) is 1.95. The number of fused-ring (bicyclic) bond motifs is 1. The van der Waals surface area contributed by atoms with Crippen molar-refractivity contribution in [3.05, 3.63) is 23.8 Å². The van der Waals surface area contributed by atoms with Crippen LogP contribution in [-0.2, 0) is 26.0 Å². The van der Waals surface area contributed by atoms with Gasteiger partial charge in [-0.05, 0) is 55.9 Å². The summed E-state index contributed by atoms with van der Waals surface area (Å²) in [4.78, 5) is 24.2. The number of benzene rings is 1. The molecule has 2 rings (SSSR count). The van der Waals surface area contributed by atoms with Gasteiger partial charge in [-0.2, -0.15) is 11.8 Å². The van der Waals surface area contributed by atoms with Crippen molar-refractivity contribution in [3.8, 4) is 0 Å². The molecule has 1 heterocycles. The second-order valence-corrected chi connectivity index (χ2v) is 10.1. The Hall–Kier alpha value is -1.78. The predicted octanol–water partition coefficient (Wildman–Crippen LogP) is 0.958. The normalized spacial score (nSPS) is 16.1. The second kappa shape index (κ2) is 9.15. The Kier molecular flexibility index (Phi) is 7.35. The van der Waals surface area contributed by atoms with E-state index in [1.807, 2.05) is 6.26 Å². The monoisotopic (exact) mass is 429 g/mol. The molecule has 0 radical (unpaired) electrons. The lowest BCUT2D eigenvalue weighted by Gasteiger charge is -2.29. The molecule has 0 bridgehead atoms. The molecule has 0 aromatic heterocycles. The van der Waals surface area contributed by atoms with Crippen LogP contribution in [0, 0.1) is 0 Å². The van der Waals surface area contributed by atoms with Gasteiger partial charge in [-0.15, -0.1) is 0 Å². The van der Waals surface area contributed by atoms with Gasteiger partial charge in [0.25, 0.3) is 0 Å². The third kappa shape index (κ3) is 6.11. The Labute approximate surface area is 170 Å². The number of amides is 2. The van der Waals surface area contributed by atoms with Gasteiger partial charge in [0.05, 0.1) is 17.5 Å². The van der Waals surface area contributed by atoms with Gasteiger partial charge >= 0.3 is 11.8 Å². The summed E-state index contributed by atoms with van der Waals surface area (Å²) >= 11 is 1.59. The lowest BCUT2D eigenvalue weighted by molar-refractivity contribution is -0.136. The SMILES string of the molecule is CSCC[C@](C)(O)CNC(=O)C(=O)Nc1ccc2c(c1)N(S(C)(=O)=O)CCC2. The molecule has 10 heteroatoms. The first-order valence-corrected chi connectivity index (χ1v) is 12.2. The number of aryl methyl sites for hydroxylation is 1. The van der Waals surface area contributed by atoms with Crippen molar-refractivity contribution in [1.29, 1.82) is 0 Å². The fraction of sp³-hybridized carbons (Fsp3) is 0.556. The van der Waals surface area contributed by atoms with Crippen molar-refractivity contribution < 1.29 is 23.1 Å². The van der Waals surface area contributed by atoms with Crippen molar-refractivity contribution >= 4 is 45.0 Å². The Balaban J connectivity index is 2.03. The highest BCUT2D eigenvalue weighted by Gasteiger charge is 2.26. The summed E-state index contributed by atoms with van der Waals surface area (Å²) in [6.07, 6.45) is 5.03. The van der Waals surface area contributed by atoms with Gasteiger partial charge in [0.2, 0.25) is 10.0 Å². The number of hydrogen-bond donors (Lipinski definition) is 3. The van der Waals surface area contributed by atoms with E-state index in [1.54, 1.807) is 36.9 Å². The minimum Gasteiger partial charge on any atom is -0.388 e. The maximum absolute atomic E-state index is 12.1. The minimum atomic E-state index is -3.42. The number of nitrogens with zero attached hydrogens (tertiary/aromatic N) is 1. The summed E-state index contributed by atoms with van der Waals surface area (Å²) in [6, 6.07) is 4.97. The predicted molar refractivity (Wildman–Crippen MR) is 112 cm³/mol. The largest absolute Gasteiger partial charge is 0.388 e. The van der Waals surface area contributed by atoms with Crippen LogP contribution in [0.4, 0.5) is 11.4 Å². The smallest absolute Gasteiger partial charge is 0.313 e. The lowest BCUT2D eigenvalue weighted by Crippen LogP contribution is -2.44. The molecule has 0 saturated heterocycles. The van der Waals surface area contributed by atoms with Crippen molar-refractivity contribution in [3.63, 3.8) is 0 Å². The summed E-state index contributed by atoms with van der Waals surface area (Å²) in [5.74, 6) is -0.995. The number of anilines is 2. The third-order valence-corrected chi connectivity index (χ3v) is 6.29. The number of carbonyl (C=O) groups excluding carboxylic acids is 2. The highest BCUT2D eigenvalue weighted by atomic mass is 32.2. The summed E-state index contributed by atoms with van der Waals surface area (Å²) in [5, 5.41) is 15.1. The first-order chi connectivity index (χ1) is 13.0. The van der Waals surface area contributed by atoms with Crippen LogP contribution in [0.3, 0.4) is 0 Å². The Bertz CT molecular complexity index is 840. The Morgan fingerprint density at radius 1 is 1.32 bits per heavy atom. The van der Waals surface area contributed by atoms with Crippen LogP contribution >= 0.6 is 11.8 Å². The van der Waals surface area contributed by atoms with E-state index in [-0.39, 0.29) is 6.54 Å². The highest BCUT2D eigenvalue weighted by Crippen LogP contribution is 2.31. The second-order valence-electron chi connectivity index (χ2n) is 7.16. The number of aliphatic hydroxyl groups is 1. The maximum atomic E-state index is 12.1. The van der Waals surface area contributed by atoms with Crippen molar-refractivity contribution in [2.45, 2.75) is 31.8 Å². The van der Waals surface area contributed by atoms with E-state index in [0.29, 0.717) is 24.3 Å². The topological polar surface area (TPSA) is 116 Å². The van der Waals surface area contributed by atoms with Gasteiger partial charge in [0, 0.05) is 18.8 Å². The zero-order chi connectivity index (χ0) is 20.9. The lowest BCUT2D eigenvalue weighted by atomic mass is 10.0. The number of rotatable bonds is 7. The molecular formula is C18H27N3O5S2. The van der Waals surface area contributed by atoms with Gasteiger partial charge in [0.1, 0.15) is 0 Å². The van der Waals surface area contributed by atoms with E-state index < -0.39 is 27.4 Å². The fourth-order valence-corrected chi connectivity index (χ4v) is 4.54. The van der Waals surface area contributed by atoms with Crippen molar-refractivity contribution in [2.75, 3.05) is 41.0 Å². The van der Waals surface area contributed by atoms with Crippen LogP contribution in [0.25, 0.3) is 0 Å². The molecule has 2 amide bonds. The molecule has 0 spiro atoms. The molecule has 1 aromatic rings. The Morgan fingerprint density at radius 3 is 2.68 bits per heavy atom. The average Bonchev–Trinajstić information content (AvgIpc) is 2.63. The summed E-state index contributed by atoms with van der Waals surface area (Å²) < 4.78 is 25.3. The number of carbonyl (C=O) groups is 2. The zero-order valence-corrected chi connectivity index (χ0v) is 18.0. The molecule has 0 unspecified atom stereocenters. The van der Waals surface area contributed by atoms with Gasteiger partial charge in [-0.1, -0.05) is 6.07 Å². The van der Waals surface area contributed by atoms with Gasteiger partial charge in [-0.25, -0.2) is 8.42 Å². The molecule has 1 aliphatic heterocycles. The molecule has 156 valence electrons. The molecule has 8 nitrogen and oxygen atoms in total. The number of thioether (sulfide) groups is 1. The van der Waals surface area contributed by atoms with Gasteiger partial charge in [0.15, 0.2) is 0 Å². The van der Waals surface area contributed by atoms with E-state index in [9.17, 15) is 23.1 Å². The third-order valence-electron chi connectivity index (χ3n) is 4.50. The molecule has 0 saturated carbocycles. The van der Waals surface area contributed by atoms with Gasteiger partial charge in [-0.3, -0.25) is 13.9 Å². The molecule has 0 aliphatic carbocycles. The van der Waals surface area contributed by atoms with E-state index in [2.05, 4.69) is 10.6 Å².